The summed E-state index contributed by atoms with van der Waals surface area (Å²) in [7, 11) is 0. The maximum Gasteiger partial charge on any atom is 0.317 e. The smallest absolute Gasteiger partial charge is 0.317 e. The lowest BCUT2D eigenvalue weighted by Gasteiger charge is -2.06. The van der Waals surface area contributed by atoms with Crippen LogP contribution in [0.25, 0.3) is 11.0 Å². The van der Waals surface area contributed by atoms with E-state index in [2.05, 4.69) is 33.1 Å². The lowest BCUT2D eigenvalue weighted by molar-refractivity contribution is -0.700. The fraction of sp³-hybridized carbons (Fsp3) is 0.0909. The molecule has 0 aliphatic heterocycles. The summed E-state index contributed by atoms with van der Waals surface area (Å²) in [6.07, 6.45) is 0. The van der Waals surface area contributed by atoms with Gasteiger partial charge in [0.1, 0.15) is 12.3 Å². The van der Waals surface area contributed by atoms with E-state index in [-0.39, 0.29) is 17.4 Å². The van der Waals surface area contributed by atoms with Gasteiger partial charge >= 0.3 is 5.16 Å². The minimum absolute atomic E-state index is 0.0607. The first-order valence-corrected chi connectivity index (χ1v) is 9.94. The minimum atomic E-state index is -0.170. The van der Waals surface area contributed by atoms with Crippen molar-refractivity contribution in [2.75, 3.05) is 11.1 Å². The Hall–Kier alpha value is -3.25. The van der Waals surface area contributed by atoms with Crippen LogP contribution in [0.15, 0.2) is 84.0 Å². The summed E-state index contributed by atoms with van der Waals surface area (Å²) in [5.74, 6) is 0.123. The maximum absolute atomic E-state index is 12.4. The Kier molecular flexibility index (Phi) is 5.30. The molecule has 0 saturated carbocycles. The zero-order valence-electron chi connectivity index (χ0n) is 15.1. The largest absolute Gasteiger partial charge is 0.506 e. The van der Waals surface area contributed by atoms with Gasteiger partial charge in [-0.15, -0.1) is 0 Å². The van der Waals surface area contributed by atoms with Crippen LogP contribution < -0.4 is 9.88 Å². The molecule has 0 aliphatic carbocycles. The summed E-state index contributed by atoms with van der Waals surface area (Å²) < 4.78 is 2.18. The molecule has 0 radical (unpaired) electrons. The van der Waals surface area contributed by atoms with Gasteiger partial charge in [0.15, 0.2) is 11.0 Å². The number of phenolic OH excluding ortho intramolecular Hbond substituents is 1. The zero-order chi connectivity index (χ0) is 19.3. The summed E-state index contributed by atoms with van der Waals surface area (Å²) >= 11 is 1.44. The SMILES string of the molecule is O=C(CSc1[nH]c2ccccc2[n+]1Cc1ccccc1)Nc1ccccc1O. The van der Waals surface area contributed by atoms with Crippen molar-refractivity contribution >= 4 is 34.4 Å². The van der Waals surface area contributed by atoms with Crippen LogP contribution in [0, 0.1) is 0 Å². The molecule has 0 saturated heterocycles. The van der Waals surface area contributed by atoms with Crippen molar-refractivity contribution in [2.45, 2.75) is 11.7 Å². The Morgan fingerprint density at radius 1 is 0.964 bits per heavy atom. The van der Waals surface area contributed by atoms with E-state index >= 15 is 0 Å². The Bertz CT molecular complexity index is 1110. The number of H-pyrrole nitrogens is 1. The number of carbonyl (C=O) groups excluding carboxylic acids is 1. The van der Waals surface area contributed by atoms with Gasteiger partial charge in [-0.2, -0.15) is 0 Å². The first kappa shape index (κ1) is 18.1. The van der Waals surface area contributed by atoms with Gasteiger partial charge in [0.25, 0.3) is 0 Å². The fourth-order valence-corrected chi connectivity index (χ4v) is 3.88. The lowest BCUT2D eigenvalue weighted by atomic mass is 10.2. The highest BCUT2D eigenvalue weighted by atomic mass is 32.2. The van der Waals surface area contributed by atoms with Gasteiger partial charge in [-0.1, -0.05) is 54.6 Å². The summed E-state index contributed by atoms with van der Waals surface area (Å²) in [4.78, 5) is 15.8. The number of carbonyl (C=O) groups is 1. The third-order valence-corrected chi connectivity index (χ3v) is 5.39. The average Bonchev–Trinajstić information content (AvgIpc) is 3.06. The van der Waals surface area contributed by atoms with Crippen molar-refractivity contribution in [1.29, 1.82) is 0 Å². The summed E-state index contributed by atoms with van der Waals surface area (Å²) in [5, 5.41) is 13.5. The number of benzene rings is 3. The first-order chi connectivity index (χ1) is 13.7. The van der Waals surface area contributed by atoms with E-state index in [0.717, 1.165) is 16.2 Å². The number of hydrogen-bond donors (Lipinski definition) is 3. The number of anilines is 1. The number of nitrogens with one attached hydrogen (secondary N) is 2. The highest BCUT2D eigenvalue weighted by Crippen LogP contribution is 2.23. The third-order valence-electron chi connectivity index (χ3n) is 4.38. The number of aromatic amines is 1. The molecule has 1 aromatic heterocycles. The molecule has 4 rings (SSSR count). The monoisotopic (exact) mass is 390 g/mol. The van der Waals surface area contributed by atoms with Crippen LogP contribution >= 0.6 is 11.8 Å². The minimum Gasteiger partial charge on any atom is -0.506 e. The van der Waals surface area contributed by atoms with E-state index in [1.165, 1.54) is 17.3 Å². The zero-order valence-corrected chi connectivity index (χ0v) is 15.9. The highest BCUT2D eigenvalue weighted by molar-refractivity contribution is 7.99. The molecule has 1 amide bonds. The van der Waals surface area contributed by atoms with Crippen molar-refractivity contribution in [1.82, 2.24) is 4.98 Å². The molecule has 0 bridgehead atoms. The van der Waals surface area contributed by atoms with Crippen LogP contribution in [-0.4, -0.2) is 21.8 Å². The second-order valence-electron chi connectivity index (χ2n) is 6.37. The van der Waals surface area contributed by atoms with Gasteiger partial charge in [0.05, 0.1) is 11.4 Å². The average molecular weight is 390 g/mol. The van der Waals surface area contributed by atoms with E-state index in [9.17, 15) is 9.90 Å². The van der Waals surface area contributed by atoms with Crippen LogP contribution in [0.2, 0.25) is 0 Å². The van der Waals surface area contributed by atoms with Crippen molar-refractivity contribution in [2.24, 2.45) is 0 Å². The molecule has 0 atom stereocenters. The summed E-state index contributed by atoms with van der Waals surface area (Å²) in [6.45, 7) is 0.717. The molecule has 4 aromatic rings. The van der Waals surface area contributed by atoms with Gasteiger partial charge in [-0.25, -0.2) is 9.55 Å². The Morgan fingerprint density at radius 3 is 2.50 bits per heavy atom. The molecule has 140 valence electrons. The molecule has 0 unspecified atom stereocenters. The molecule has 1 heterocycles. The van der Waals surface area contributed by atoms with Crippen molar-refractivity contribution in [3.8, 4) is 5.75 Å². The molecule has 0 spiro atoms. The predicted molar refractivity (Wildman–Crippen MR) is 111 cm³/mol. The van der Waals surface area contributed by atoms with Gasteiger partial charge in [0, 0.05) is 0 Å². The number of imidazole rings is 1. The maximum atomic E-state index is 12.4. The quantitative estimate of drug-likeness (QED) is 0.265. The number of hydrogen-bond acceptors (Lipinski definition) is 3. The molecular weight excluding hydrogens is 370 g/mol. The second kappa shape index (κ2) is 8.19. The number of phenols is 1. The van der Waals surface area contributed by atoms with Crippen LogP contribution in [0.3, 0.4) is 0 Å². The Morgan fingerprint density at radius 2 is 1.68 bits per heavy atom. The number of aromatic hydroxyl groups is 1. The van der Waals surface area contributed by atoms with Crippen molar-refractivity contribution < 1.29 is 14.5 Å². The number of fused-ring (bicyclic) bond motifs is 1. The van der Waals surface area contributed by atoms with E-state index in [0.29, 0.717) is 12.2 Å². The molecule has 28 heavy (non-hydrogen) atoms. The number of rotatable bonds is 6. The summed E-state index contributed by atoms with van der Waals surface area (Å²) in [6, 6.07) is 25.1. The van der Waals surface area contributed by atoms with Gasteiger partial charge in [0.2, 0.25) is 5.91 Å². The second-order valence-corrected chi connectivity index (χ2v) is 7.34. The number of amides is 1. The molecule has 3 aromatic carbocycles. The van der Waals surface area contributed by atoms with Crippen LogP contribution in [-0.2, 0) is 11.3 Å². The molecule has 0 fully saturated rings. The lowest BCUT2D eigenvalue weighted by Crippen LogP contribution is -2.35. The fourth-order valence-electron chi connectivity index (χ4n) is 3.04. The topological polar surface area (TPSA) is 69.0 Å². The molecular formula is C22H20N3O2S+. The van der Waals surface area contributed by atoms with Gasteiger partial charge in [-0.3, -0.25) is 4.79 Å². The Balaban J connectivity index is 1.54. The first-order valence-electron chi connectivity index (χ1n) is 8.96. The molecule has 0 aliphatic rings. The molecule has 5 nitrogen and oxygen atoms in total. The number of para-hydroxylation sites is 4. The molecule has 6 heteroatoms. The van der Waals surface area contributed by atoms with Gasteiger partial charge < -0.3 is 10.4 Å². The third kappa shape index (κ3) is 4.02. The number of nitrogens with zero attached hydrogens (tertiary/aromatic N) is 1. The van der Waals surface area contributed by atoms with Crippen molar-refractivity contribution in [3.63, 3.8) is 0 Å². The van der Waals surface area contributed by atoms with Crippen molar-refractivity contribution in [3.05, 3.63) is 84.4 Å². The highest BCUT2D eigenvalue weighted by Gasteiger charge is 2.20. The van der Waals surface area contributed by atoms with Crippen LogP contribution in [0.1, 0.15) is 5.56 Å². The standard InChI is InChI=1S/C22H19N3O2S/c26-20-13-7-5-11-18(20)23-21(27)15-28-22-24-17-10-4-6-12-19(17)25(22)14-16-8-2-1-3-9-16/h1-13H,14-15H2,(H2,23,26,27)/p+1. The number of thioether (sulfide) groups is 1. The van der Waals surface area contributed by atoms with Crippen LogP contribution in [0.4, 0.5) is 5.69 Å². The van der Waals surface area contributed by atoms with Crippen LogP contribution in [0.5, 0.6) is 5.75 Å². The normalized spacial score (nSPS) is 10.9. The molecule has 3 N–H and O–H groups in total. The Labute approximate surface area is 167 Å². The van der Waals surface area contributed by atoms with E-state index in [4.69, 9.17) is 0 Å². The van der Waals surface area contributed by atoms with E-state index < -0.39 is 0 Å². The van der Waals surface area contributed by atoms with Gasteiger partial charge in [-0.05, 0) is 41.6 Å². The van der Waals surface area contributed by atoms with E-state index in [1.807, 2.05) is 36.4 Å². The van der Waals surface area contributed by atoms with E-state index in [1.54, 1.807) is 24.3 Å². The number of aromatic nitrogens is 2. The summed E-state index contributed by atoms with van der Waals surface area (Å²) in [5.41, 5.74) is 3.73. The predicted octanol–water partition coefficient (Wildman–Crippen LogP) is 3.94.